The second-order valence-corrected chi connectivity index (χ2v) is 9.63. The average molecular weight is 401 g/mol. The summed E-state index contributed by atoms with van der Waals surface area (Å²) in [5, 5.41) is 9.72. The van der Waals surface area contributed by atoms with Gasteiger partial charge in [-0.25, -0.2) is 0 Å². The smallest absolute Gasteiger partial charge is 0.158 e. The molecule has 0 aliphatic rings. The third-order valence-corrected chi connectivity index (χ3v) is 7.60. The molecule has 1 aromatic rings. The molecule has 0 saturated heterocycles. The van der Waals surface area contributed by atoms with Crippen molar-refractivity contribution in [2.24, 2.45) is 0 Å². The molecule has 1 rings (SSSR count). The first-order valence-corrected chi connectivity index (χ1v) is 12.2. The number of phenolic OH excluding ortho intramolecular Hbond substituents is 1. The van der Waals surface area contributed by atoms with Crippen molar-refractivity contribution in [1.82, 2.24) is 0 Å². The number of benzene rings is 1. The van der Waals surface area contributed by atoms with E-state index in [0.29, 0.717) is 16.6 Å². The predicted octanol–water partition coefficient (Wildman–Crippen LogP) is 4.40. The molecule has 0 heterocycles. The lowest BCUT2D eigenvalue weighted by atomic mass is 10.1. The Morgan fingerprint density at radius 3 is 1.65 bits per heavy atom. The molecule has 0 aliphatic heterocycles. The van der Waals surface area contributed by atoms with Crippen LogP contribution < -0.4 is 12.4 Å². The van der Waals surface area contributed by atoms with Crippen LogP contribution in [0.3, 0.4) is 0 Å². The third-order valence-electron chi connectivity index (χ3n) is 4.96. The molecule has 0 radical (unpaired) electrons. The summed E-state index contributed by atoms with van der Waals surface area (Å²) in [4.78, 5) is 1.50. The fourth-order valence-electron chi connectivity index (χ4n) is 3.39. The summed E-state index contributed by atoms with van der Waals surface area (Å²) >= 11 is 0. The molecule has 0 fully saturated rings. The molecule has 152 valence electrons. The molecular weight excluding hydrogens is 360 g/mol. The summed E-state index contributed by atoms with van der Waals surface area (Å²) in [6, 6.07) is 6.00. The Hall–Kier alpha value is -0.340. The molecule has 1 aromatic carbocycles. The second kappa shape index (κ2) is 16.8. The van der Waals surface area contributed by atoms with E-state index in [1.807, 2.05) is 12.1 Å². The molecule has 0 bridgehead atoms. The van der Waals surface area contributed by atoms with Crippen LogP contribution in [0.2, 0.25) is 0 Å². The molecule has 1 nitrogen and oxygen atoms in total. The highest BCUT2D eigenvalue weighted by Gasteiger charge is 2.23. The summed E-state index contributed by atoms with van der Waals surface area (Å²) in [6.07, 6.45) is 16.5. The van der Waals surface area contributed by atoms with Gasteiger partial charge in [0.2, 0.25) is 0 Å². The van der Waals surface area contributed by atoms with Gasteiger partial charge in [0.15, 0.2) is 4.90 Å². The Balaban J connectivity index is 0.00000625. The van der Waals surface area contributed by atoms with Gasteiger partial charge < -0.3 is 17.5 Å². The van der Waals surface area contributed by atoms with E-state index >= 15 is 0 Å². The topological polar surface area (TPSA) is 20.2 Å². The molecular formula is C23H41ClOS. The van der Waals surface area contributed by atoms with Crippen LogP contribution in [0.15, 0.2) is 23.1 Å². The fraction of sp³-hybridized carbons (Fsp3) is 0.739. The maximum atomic E-state index is 9.72. The van der Waals surface area contributed by atoms with Gasteiger partial charge in [-0.2, -0.15) is 0 Å². The highest BCUT2D eigenvalue weighted by atomic mass is 35.5. The largest absolute Gasteiger partial charge is 1.00 e. The van der Waals surface area contributed by atoms with Crippen molar-refractivity contribution in [1.29, 1.82) is 0 Å². The summed E-state index contributed by atoms with van der Waals surface area (Å²) < 4.78 is 0. The van der Waals surface area contributed by atoms with E-state index in [4.69, 9.17) is 0 Å². The molecule has 26 heavy (non-hydrogen) atoms. The summed E-state index contributed by atoms with van der Waals surface area (Å²) in [5.74, 6) is 3.09. The zero-order chi connectivity index (χ0) is 18.3. The first kappa shape index (κ1) is 25.7. The number of aromatic hydroxyl groups is 1. The molecule has 0 unspecified atom stereocenters. The quantitative estimate of drug-likeness (QED) is 0.341. The minimum absolute atomic E-state index is 0. The Labute approximate surface area is 172 Å². The van der Waals surface area contributed by atoms with E-state index in [-0.39, 0.29) is 12.4 Å². The van der Waals surface area contributed by atoms with Gasteiger partial charge in [-0.1, -0.05) is 65.2 Å². The Bertz CT molecular complexity index is 434. The second-order valence-electron chi connectivity index (χ2n) is 7.39. The molecule has 3 heteroatoms. The van der Waals surface area contributed by atoms with Crippen molar-refractivity contribution in [3.05, 3.63) is 23.8 Å². The highest BCUT2D eigenvalue weighted by molar-refractivity contribution is 7.96. The first-order valence-electron chi connectivity index (χ1n) is 10.7. The molecule has 0 aromatic heterocycles. The van der Waals surface area contributed by atoms with Crippen molar-refractivity contribution >= 4 is 10.9 Å². The van der Waals surface area contributed by atoms with Crippen molar-refractivity contribution in [2.45, 2.75) is 103 Å². The van der Waals surface area contributed by atoms with Gasteiger partial charge in [0.25, 0.3) is 0 Å². The van der Waals surface area contributed by atoms with Gasteiger partial charge in [0, 0.05) is 16.5 Å². The monoisotopic (exact) mass is 400 g/mol. The van der Waals surface area contributed by atoms with E-state index < -0.39 is 0 Å². The maximum Gasteiger partial charge on any atom is 0.158 e. The SMILES string of the molecule is CCCCCCCC[S+](CCCCCCCC)c1ccc(O)cc1C.[Cl-]. The summed E-state index contributed by atoms with van der Waals surface area (Å²) in [7, 11) is 0.367. The standard InChI is InChI=1S/C23H40OS.ClH/c1-4-6-8-10-12-14-18-25(19-15-13-11-9-7-5-2)23-17-16-22(24)20-21(23)3;/h16-17,20H,4-15,18-19H2,1-3H3;1H. The Morgan fingerprint density at radius 2 is 1.19 bits per heavy atom. The van der Waals surface area contributed by atoms with Crippen molar-refractivity contribution < 1.29 is 17.5 Å². The molecule has 0 aliphatic carbocycles. The molecule has 0 atom stereocenters. The number of hydrogen-bond acceptors (Lipinski definition) is 1. The zero-order valence-electron chi connectivity index (χ0n) is 17.4. The lowest BCUT2D eigenvalue weighted by molar-refractivity contribution is -0.00000662. The van der Waals surface area contributed by atoms with Gasteiger partial charge in [0.05, 0.1) is 0 Å². The minimum atomic E-state index is 0. The summed E-state index contributed by atoms with van der Waals surface area (Å²) in [5.41, 5.74) is 1.28. The number of unbranched alkanes of at least 4 members (excludes halogenated alkanes) is 10. The van der Waals surface area contributed by atoms with Crippen LogP contribution in [0.1, 0.15) is 96.5 Å². The number of hydrogen-bond donors (Lipinski definition) is 1. The van der Waals surface area contributed by atoms with Gasteiger partial charge in [-0.15, -0.1) is 0 Å². The van der Waals surface area contributed by atoms with Gasteiger partial charge in [-0.3, -0.25) is 0 Å². The van der Waals surface area contributed by atoms with Crippen LogP contribution in [0.25, 0.3) is 0 Å². The van der Waals surface area contributed by atoms with Crippen LogP contribution in [-0.4, -0.2) is 16.6 Å². The zero-order valence-corrected chi connectivity index (χ0v) is 18.9. The van der Waals surface area contributed by atoms with Gasteiger partial charge >= 0.3 is 0 Å². The molecule has 0 saturated carbocycles. The van der Waals surface area contributed by atoms with Gasteiger partial charge in [-0.05, 0) is 50.8 Å². The van der Waals surface area contributed by atoms with Crippen LogP contribution in [0.5, 0.6) is 5.75 Å². The van der Waals surface area contributed by atoms with E-state index in [2.05, 4.69) is 26.8 Å². The van der Waals surface area contributed by atoms with Crippen LogP contribution in [0.4, 0.5) is 0 Å². The third kappa shape index (κ3) is 11.4. The highest BCUT2D eigenvalue weighted by Crippen LogP contribution is 2.25. The molecule has 0 amide bonds. The Morgan fingerprint density at radius 1 is 0.731 bits per heavy atom. The fourth-order valence-corrected chi connectivity index (χ4v) is 5.92. The van der Waals surface area contributed by atoms with Crippen LogP contribution in [-0.2, 0) is 10.9 Å². The number of phenols is 1. The van der Waals surface area contributed by atoms with Crippen LogP contribution in [0, 0.1) is 6.92 Å². The normalized spacial score (nSPS) is 10.9. The number of halogens is 1. The first-order chi connectivity index (χ1) is 12.2. The van der Waals surface area contributed by atoms with Crippen LogP contribution >= 0.6 is 0 Å². The van der Waals surface area contributed by atoms with Crippen molar-refractivity contribution in [2.75, 3.05) is 11.5 Å². The van der Waals surface area contributed by atoms with Crippen molar-refractivity contribution in [3.8, 4) is 5.75 Å². The van der Waals surface area contributed by atoms with E-state index in [9.17, 15) is 5.11 Å². The lowest BCUT2D eigenvalue weighted by Gasteiger charge is -2.11. The average Bonchev–Trinajstić information content (AvgIpc) is 2.59. The molecule has 1 N–H and O–H groups in total. The maximum absolute atomic E-state index is 9.72. The molecule has 0 spiro atoms. The lowest BCUT2D eigenvalue weighted by Crippen LogP contribution is -3.00. The predicted molar refractivity (Wildman–Crippen MR) is 115 cm³/mol. The van der Waals surface area contributed by atoms with E-state index in [0.717, 1.165) is 0 Å². The van der Waals surface area contributed by atoms with E-state index in [1.54, 1.807) is 0 Å². The number of aryl methyl sites for hydroxylation is 1. The minimum Gasteiger partial charge on any atom is -1.00 e. The Kier molecular flexibility index (Phi) is 16.6. The number of rotatable bonds is 15. The van der Waals surface area contributed by atoms with Crippen molar-refractivity contribution in [3.63, 3.8) is 0 Å². The van der Waals surface area contributed by atoms with E-state index in [1.165, 1.54) is 99.0 Å². The van der Waals surface area contributed by atoms with Gasteiger partial charge in [0.1, 0.15) is 17.3 Å². The summed E-state index contributed by atoms with van der Waals surface area (Å²) in [6.45, 7) is 6.73.